The molecule has 15 heavy (non-hydrogen) atoms. The molecule has 0 aromatic heterocycles. The van der Waals surface area contributed by atoms with Gasteiger partial charge in [-0.2, -0.15) is 0 Å². The van der Waals surface area contributed by atoms with Crippen molar-refractivity contribution in [3.05, 3.63) is 39.8 Å². The monoisotopic (exact) mass is 202 g/mol. The molecule has 0 unspecified atom stereocenters. The summed E-state index contributed by atoms with van der Waals surface area (Å²) in [4.78, 5) is 5.02. The third-order valence-corrected chi connectivity index (χ3v) is 2.84. The van der Waals surface area contributed by atoms with Crippen LogP contribution in [0.5, 0.6) is 0 Å². The maximum Gasteiger partial charge on any atom is 0.0397 e. The Morgan fingerprint density at radius 2 is 2.40 bits per heavy atom. The van der Waals surface area contributed by atoms with Crippen molar-refractivity contribution in [1.82, 2.24) is 0 Å². The fourth-order valence-electron chi connectivity index (χ4n) is 2.00. The second-order valence-electron chi connectivity index (χ2n) is 3.84. The first-order valence-corrected chi connectivity index (χ1v) is 5.15. The summed E-state index contributed by atoms with van der Waals surface area (Å²) in [5.41, 5.74) is 12.2. The van der Waals surface area contributed by atoms with Crippen molar-refractivity contribution in [3.8, 4) is 0 Å². The summed E-state index contributed by atoms with van der Waals surface area (Å²) < 4.78 is 0. The van der Waals surface area contributed by atoms with E-state index in [4.69, 9.17) is 5.53 Å². The molecule has 1 aromatic carbocycles. The lowest BCUT2D eigenvalue weighted by Gasteiger charge is -2.11. The average Bonchev–Trinajstić information content (AvgIpc) is 2.61. The van der Waals surface area contributed by atoms with Crippen molar-refractivity contribution in [3.63, 3.8) is 0 Å². The summed E-state index contributed by atoms with van der Waals surface area (Å²) in [6.45, 7) is 1.65. The molecular formula is C11H14N4. The Morgan fingerprint density at radius 3 is 3.20 bits per heavy atom. The highest BCUT2D eigenvalue weighted by atomic mass is 15.1. The quantitative estimate of drug-likeness (QED) is 0.422. The van der Waals surface area contributed by atoms with Crippen molar-refractivity contribution >= 4 is 5.69 Å². The number of anilines is 1. The highest BCUT2D eigenvalue weighted by molar-refractivity contribution is 5.58. The van der Waals surface area contributed by atoms with Crippen LogP contribution in [0.15, 0.2) is 23.3 Å². The number of benzene rings is 1. The van der Waals surface area contributed by atoms with Crippen molar-refractivity contribution in [2.24, 2.45) is 5.11 Å². The van der Waals surface area contributed by atoms with E-state index in [2.05, 4.69) is 40.2 Å². The molecular weight excluding hydrogens is 188 g/mol. The SMILES string of the molecule is CN1CCc2cc(CCN=[N+]=[N-])ccc21. The Morgan fingerprint density at radius 1 is 1.53 bits per heavy atom. The lowest BCUT2D eigenvalue weighted by Crippen LogP contribution is -2.12. The minimum atomic E-state index is 0.547. The Balaban J connectivity index is 2.12. The van der Waals surface area contributed by atoms with E-state index in [0.717, 1.165) is 19.4 Å². The lowest BCUT2D eigenvalue weighted by molar-refractivity contribution is 0.947. The van der Waals surface area contributed by atoms with Gasteiger partial charge in [0.25, 0.3) is 0 Å². The maximum absolute atomic E-state index is 8.19. The van der Waals surface area contributed by atoms with Crippen LogP contribution >= 0.6 is 0 Å². The lowest BCUT2D eigenvalue weighted by atomic mass is 10.1. The summed E-state index contributed by atoms with van der Waals surface area (Å²) in [6.07, 6.45) is 1.96. The largest absolute Gasteiger partial charge is 0.374 e. The van der Waals surface area contributed by atoms with E-state index in [1.807, 2.05) is 0 Å². The zero-order chi connectivity index (χ0) is 10.7. The minimum absolute atomic E-state index is 0.547. The van der Waals surface area contributed by atoms with Gasteiger partial charge in [0.1, 0.15) is 0 Å². The number of azide groups is 1. The van der Waals surface area contributed by atoms with Crippen LogP contribution in [-0.2, 0) is 12.8 Å². The molecule has 0 aliphatic carbocycles. The summed E-state index contributed by atoms with van der Waals surface area (Å²) in [6, 6.07) is 6.51. The Kier molecular flexibility index (Phi) is 2.79. The topological polar surface area (TPSA) is 52.0 Å². The Labute approximate surface area is 89.1 Å². The van der Waals surface area contributed by atoms with Crippen LogP contribution in [0, 0.1) is 0 Å². The molecule has 0 spiro atoms. The predicted molar refractivity (Wildman–Crippen MR) is 61.1 cm³/mol. The predicted octanol–water partition coefficient (Wildman–Crippen LogP) is 2.53. The fraction of sp³-hybridized carbons (Fsp3) is 0.455. The summed E-state index contributed by atoms with van der Waals surface area (Å²) in [5.74, 6) is 0. The highest BCUT2D eigenvalue weighted by Gasteiger charge is 2.14. The third-order valence-electron chi connectivity index (χ3n) is 2.84. The van der Waals surface area contributed by atoms with E-state index >= 15 is 0 Å². The molecule has 4 nitrogen and oxygen atoms in total. The van der Waals surface area contributed by atoms with Crippen LogP contribution in [0.3, 0.4) is 0 Å². The molecule has 0 N–H and O–H groups in total. The molecule has 1 aromatic rings. The summed E-state index contributed by atoms with van der Waals surface area (Å²) in [7, 11) is 2.12. The van der Waals surface area contributed by atoms with Crippen LogP contribution < -0.4 is 4.90 Å². The van der Waals surface area contributed by atoms with E-state index < -0.39 is 0 Å². The molecule has 0 amide bonds. The van der Waals surface area contributed by atoms with Gasteiger partial charge in [0.15, 0.2) is 0 Å². The molecule has 1 heterocycles. The fourth-order valence-corrected chi connectivity index (χ4v) is 2.00. The second-order valence-corrected chi connectivity index (χ2v) is 3.84. The molecule has 0 saturated heterocycles. The first-order valence-electron chi connectivity index (χ1n) is 5.15. The zero-order valence-electron chi connectivity index (χ0n) is 8.85. The Hall–Kier alpha value is -1.67. The summed E-state index contributed by atoms with van der Waals surface area (Å²) >= 11 is 0. The Bertz CT molecular complexity index is 407. The highest BCUT2D eigenvalue weighted by Crippen LogP contribution is 2.27. The van der Waals surface area contributed by atoms with Crippen molar-refractivity contribution < 1.29 is 0 Å². The van der Waals surface area contributed by atoms with Crippen molar-refractivity contribution in [2.75, 3.05) is 25.0 Å². The van der Waals surface area contributed by atoms with Crippen LogP contribution in [0.2, 0.25) is 0 Å². The molecule has 0 bridgehead atoms. The van der Waals surface area contributed by atoms with Gasteiger partial charge in [0.05, 0.1) is 0 Å². The molecule has 2 rings (SSSR count). The standard InChI is InChI=1S/C11H14N4/c1-15-7-5-10-8-9(2-3-11(10)15)4-6-13-14-12/h2-3,8H,4-7H2,1H3. The second kappa shape index (κ2) is 4.24. The summed E-state index contributed by atoms with van der Waals surface area (Å²) in [5, 5.41) is 3.55. The molecule has 0 atom stereocenters. The number of fused-ring (bicyclic) bond motifs is 1. The molecule has 4 heteroatoms. The number of rotatable bonds is 3. The van der Waals surface area contributed by atoms with Crippen molar-refractivity contribution in [2.45, 2.75) is 12.8 Å². The normalized spacial score (nSPS) is 13.5. The van der Waals surface area contributed by atoms with E-state index in [9.17, 15) is 0 Å². The minimum Gasteiger partial charge on any atom is -0.374 e. The zero-order valence-corrected chi connectivity index (χ0v) is 8.85. The average molecular weight is 202 g/mol. The third kappa shape index (κ3) is 2.05. The van der Waals surface area contributed by atoms with Gasteiger partial charge in [-0.15, -0.1) is 0 Å². The van der Waals surface area contributed by atoms with Crippen molar-refractivity contribution in [1.29, 1.82) is 0 Å². The number of nitrogens with zero attached hydrogens (tertiary/aromatic N) is 4. The van der Waals surface area contributed by atoms with Gasteiger partial charge in [-0.3, -0.25) is 0 Å². The number of likely N-dealkylation sites (N-methyl/N-ethyl adjacent to an activating group) is 1. The molecule has 1 aliphatic heterocycles. The first kappa shape index (κ1) is 9.87. The van der Waals surface area contributed by atoms with E-state index in [-0.39, 0.29) is 0 Å². The van der Waals surface area contributed by atoms with Gasteiger partial charge in [-0.25, -0.2) is 0 Å². The van der Waals surface area contributed by atoms with Gasteiger partial charge in [0, 0.05) is 30.7 Å². The van der Waals surface area contributed by atoms with Crippen LogP contribution in [0.25, 0.3) is 10.4 Å². The smallest absolute Gasteiger partial charge is 0.0397 e. The van der Waals surface area contributed by atoms with Crippen LogP contribution in [-0.4, -0.2) is 20.1 Å². The molecule has 1 aliphatic rings. The first-order chi connectivity index (χ1) is 7.31. The van der Waals surface area contributed by atoms with Crippen LogP contribution in [0.1, 0.15) is 11.1 Å². The van der Waals surface area contributed by atoms with Gasteiger partial charge < -0.3 is 4.90 Å². The molecule has 78 valence electrons. The maximum atomic E-state index is 8.19. The molecule has 0 fully saturated rings. The molecule has 0 saturated carbocycles. The van der Waals surface area contributed by atoms with E-state index in [0.29, 0.717) is 6.54 Å². The van der Waals surface area contributed by atoms with Gasteiger partial charge in [-0.1, -0.05) is 17.2 Å². The van der Waals surface area contributed by atoms with Gasteiger partial charge in [0.2, 0.25) is 0 Å². The van der Waals surface area contributed by atoms with Gasteiger partial charge in [-0.05, 0) is 35.6 Å². The number of hydrogen-bond acceptors (Lipinski definition) is 2. The van der Waals surface area contributed by atoms with E-state index in [1.165, 1.54) is 16.8 Å². The van der Waals surface area contributed by atoms with E-state index in [1.54, 1.807) is 0 Å². The number of hydrogen-bond donors (Lipinski definition) is 0. The van der Waals surface area contributed by atoms with Gasteiger partial charge >= 0.3 is 0 Å². The van der Waals surface area contributed by atoms with Crippen LogP contribution in [0.4, 0.5) is 5.69 Å². The molecule has 0 radical (unpaired) electrons.